The molecular formula is C27H36N2O6. The first-order valence-electron chi connectivity index (χ1n) is 12.8. The summed E-state index contributed by atoms with van der Waals surface area (Å²) in [4.78, 5) is 30.8. The van der Waals surface area contributed by atoms with Crippen molar-refractivity contribution in [3.63, 3.8) is 0 Å². The molecule has 3 fully saturated rings. The monoisotopic (exact) mass is 484 g/mol. The molecule has 8 atom stereocenters. The van der Waals surface area contributed by atoms with E-state index in [9.17, 15) is 19.8 Å². The number of aromatic nitrogens is 2. The summed E-state index contributed by atoms with van der Waals surface area (Å²) < 4.78 is 13.9. The fourth-order valence-corrected chi connectivity index (χ4v) is 6.23. The van der Waals surface area contributed by atoms with Crippen LogP contribution in [0.2, 0.25) is 0 Å². The van der Waals surface area contributed by atoms with Gasteiger partial charge in [-0.2, -0.15) is 0 Å². The fraction of sp³-hybridized carbons (Fsp3) is 0.667. The van der Waals surface area contributed by atoms with E-state index in [-0.39, 0.29) is 30.3 Å². The Morgan fingerprint density at radius 1 is 1.17 bits per heavy atom. The molecule has 35 heavy (non-hydrogen) atoms. The summed E-state index contributed by atoms with van der Waals surface area (Å²) in [5.41, 5.74) is 1.59. The molecule has 0 spiro atoms. The highest BCUT2D eigenvalue weighted by atomic mass is 16.6. The number of benzene rings is 1. The fourth-order valence-electron chi connectivity index (χ4n) is 6.23. The van der Waals surface area contributed by atoms with E-state index < -0.39 is 35.6 Å². The molecule has 0 radical (unpaired) electrons. The Kier molecular flexibility index (Phi) is 6.26. The van der Waals surface area contributed by atoms with Gasteiger partial charge in [0, 0.05) is 19.4 Å². The van der Waals surface area contributed by atoms with Crippen molar-refractivity contribution < 1.29 is 29.3 Å². The molecule has 2 N–H and O–H groups in total. The van der Waals surface area contributed by atoms with Gasteiger partial charge in [-0.25, -0.2) is 4.98 Å². The van der Waals surface area contributed by atoms with E-state index in [4.69, 9.17) is 9.47 Å². The SMILES string of the molecule is Cc1nc2cc([C@@H]3C[C@@H]4O[C@@H]4CCC[C@@H]4CC(C)(C(=O)[C@H](C)[C@H]4O)[C@@H](O)CC(=O)O3)ccc2n1C. The lowest BCUT2D eigenvalue weighted by Gasteiger charge is -2.45. The summed E-state index contributed by atoms with van der Waals surface area (Å²) in [6, 6.07) is 5.90. The molecule has 2 saturated heterocycles. The first-order valence-corrected chi connectivity index (χ1v) is 12.8. The average molecular weight is 485 g/mol. The molecular weight excluding hydrogens is 448 g/mol. The molecule has 8 nitrogen and oxygen atoms in total. The molecule has 5 rings (SSSR count). The van der Waals surface area contributed by atoms with E-state index in [0.717, 1.165) is 41.7 Å². The van der Waals surface area contributed by atoms with E-state index in [1.54, 1.807) is 13.8 Å². The molecule has 1 aliphatic carbocycles. The second-order valence-corrected chi connectivity index (χ2v) is 11.1. The third-order valence-electron chi connectivity index (χ3n) is 8.72. The minimum atomic E-state index is -1.17. The van der Waals surface area contributed by atoms with Gasteiger partial charge in [-0.3, -0.25) is 9.59 Å². The van der Waals surface area contributed by atoms with Crippen LogP contribution in [0.3, 0.4) is 0 Å². The van der Waals surface area contributed by atoms with Crippen LogP contribution in [0.4, 0.5) is 0 Å². The lowest BCUT2D eigenvalue weighted by Crippen LogP contribution is -2.54. The zero-order valence-corrected chi connectivity index (χ0v) is 20.9. The van der Waals surface area contributed by atoms with Gasteiger partial charge in [-0.15, -0.1) is 0 Å². The van der Waals surface area contributed by atoms with Crippen LogP contribution in [0.25, 0.3) is 11.0 Å². The molecule has 1 unspecified atom stereocenters. The van der Waals surface area contributed by atoms with Crippen LogP contribution in [0.1, 0.15) is 69.9 Å². The second kappa shape index (κ2) is 8.98. The summed E-state index contributed by atoms with van der Waals surface area (Å²) in [5, 5.41) is 21.8. The van der Waals surface area contributed by atoms with Gasteiger partial charge in [-0.1, -0.05) is 26.3 Å². The molecule has 2 aromatic rings. The van der Waals surface area contributed by atoms with Gasteiger partial charge in [0.15, 0.2) is 0 Å². The molecule has 3 aliphatic rings. The molecule has 1 saturated carbocycles. The maximum atomic E-state index is 13.1. The highest BCUT2D eigenvalue weighted by Crippen LogP contribution is 2.46. The number of cyclic esters (lactones) is 1. The van der Waals surface area contributed by atoms with Crippen molar-refractivity contribution in [3.8, 4) is 0 Å². The van der Waals surface area contributed by atoms with E-state index in [1.807, 2.05) is 36.7 Å². The smallest absolute Gasteiger partial charge is 0.309 e. The molecule has 0 amide bonds. The van der Waals surface area contributed by atoms with Crippen molar-refractivity contribution in [2.45, 2.75) is 89.8 Å². The number of carbonyl (C=O) groups is 2. The highest BCUT2D eigenvalue weighted by Gasteiger charge is 2.52. The van der Waals surface area contributed by atoms with Crippen molar-refractivity contribution in [2.75, 3.05) is 0 Å². The Balaban J connectivity index is 1.42. The summed E-state index contributed by atoms with van der Waals surface area (Å²) in [6.45, 7) is 5.39. The first kappa shape index (κ1) is 24.4. The Morgan fingerprint density at radius 2 is 1.94 bits per heavy atom. The number of carbonyl (C=O) groups excluding carboxylic acids is 2. The van der Waals surface area contributed by atoms with Gasteiger partial charge in [0.05, 0.1) is 47.3 Å². The number of rotatable bonds is 1. The minimum Gasteiger partial charge on any atom is -0.457 e. The zero-order valence-electron chi connectivity index (χ0n) is 20.9. The number of fused-ring (bicyclic) bond motifs is 4. The van der Waals surface area contributed by atoms with Crippen LogP contribution < -0.4 is 0 Å². The topological polar surface area (TPSA) is 114 Å². The average Bonchev–Trinajstić information content (AvgIpc) is 3.49. The number of aliphatic hydroxyl groups is 2. The van der Waals surface area contributed by atoms with Crippen molar-refractivity contribution in [2.24, 2.45) is 24.3 Å². The third kappa shape index (κ3) is 4.41. The number of hydrogen-bond acceptors (Lipinski definition) is 7. The van der Waals surface area contributed by atoms with Crippen LogP contribution in [0.15, 0.2) is 18.2 Å². The van der Waals surface area contributed by atoms with Crippen LogP contribution in [0.5, 0.6) is 0 Å². The number of ketones is 1. The van der Waals surface area contributed by atoms with Crippen LogP contribution in [-0.2, 0) is 26.1 Å². The van der Waals surface area contributed by atoms with Crippen molar-refractivity contribution in [1.29, 1.82) is 0 Å². The number of ether oxygens (including phenoxy) is 2. The van der Waals surface area contributed by atoms with Gasteiger partial charge in [0.25, 0.3) is 0 Å². The van der Waals surface area contributed by atoms with Gasteiger partial charge in [-0.05, 0) is 49.8 Å². The Bertz CT molecular complexity index is 1140. The van der Waals surface area contributed by atoms with Crippen LogP contribution >= 0.6 is 0 Å². The van der Waals surface area contributed by atoms with E-state index >= 15 is 0 Å². The summed E-state index contributed by atoms with van der Waals surface area (Å²) in [6.07, 6.45) is 0.800. The Morgan fingerprint density at radius 3 is 2.71 bits per heavy atom. The maximum absolute atomic E-state index is 13.1. The van der Waals surface area contributed by atoms with E-state index in [0.29, 0.717) is 12.8 Å². The molecule has 8 heteroatoms. The second-order valence-electron chi connectivity index (χ2n) is 11.1. The number of hydrogen-bond donors (Lipinski definition) is 2. The zero-order chi connectivity index (χ0) is 25.1. The molecule has 190 valence electrons. The van der Waals surface area contributed by atoms with Gasteiger partial charge in [0.2, 0.25) is 0 Å². The van der Waals surface area contributed by atoms with Crippen LogP contribution in [0, 0.1) is 24.2 Å². The predicted molar refractivity (Wildman–Crippen MR) is 128 cm³/mol. The third-order valence-corrected chi connectivity index (χ3v) is 8.72. The number of imidazole rings is 1. The van der Waals surface area contributed by atoms with Gasteiger partial charge < -0.3 is 24.3 Å². The standard InChI is InChI=1S/C27H36N2O6/c1-14-25(32)17-6-5-7-20-22(34-20)11-21(16-8-9-19-18(10-16)28-15(2)29(19)4)35-24(31)12-23(30)27(3,13-17)26(14)33/h8-10,14,17,20-23,25,30,32H,5-7,11-13H2,1-4H3/t14-,17-,20-,21+,22+,23+,25-,27?/m1/s1. The minimum absolute atomic E-state index is 0.00359. The predicted octanol–water partition coefficient (Wildman–Crippen LogP) is 3.15. The number of epoxide rings is 1. The Labute approximate surface area is 205 Å². The molecule has 3 heterocycles. The molecule has 1 aromatic heterocycles. The highest BCUT2D eigenvalue weighted by molar-refractivity contribution is 5.89. The lowest BCUT2D eigenvalue weighted by molar-refractivity contribution is -0.162. The van der Waals surface area contributed by atoms with Crippen molar-refractivity contribution in [3.05, 3.63) is 29.6 Å². The summed E-state index contributed by atoms with van der Waals surface area (Å²) >= 11 is 0. The molecule has 1 aromatic carbocycles. The number of esters is 1. The normalized spacial score (nSPS) is 38.5. The molecule has 2 bridgehead atoms. The Hall–Kier alpha value is -2.29. The van der Waals surface area contributed by atoms with Gasteiger partial charge in [0.1, 0.15) is 17.7 Å². The maximum Gasteiger partial charge on any atom is 0.309 e. The van der Waals surface area contributed by atoms with E-state index in [2.05, 4.69) is 4.98 Å². The first-order chi connectivity index (χ1) is 16.6. The summed E-state index contributed by atoms with van der Waals surface area (Å²) in [5.74, 6) is -0.509. The van der Waals surface area contributed by atoms with Crippen molar-refractivity contribution >= 4 is 22.8 Å². The number of Topliss-reactive ketones (excluding diaryl/α,β-unsaturated/α-hetero) is 1. The molecule has 2 aliphatic heterocycles. The number of nitrogens with zero attached hydrogens (tertiary/aromatic N) is 2. The largest absolute Gasteiger partial charge is 0.457 e. The van der Waals surface area contributed by atoms with Crippen molar-refractivity contribution in [1.82, 2.24) is 9.55 Å². The van der Waals surface area contributed by atoms with Gasteiger partial charge >= 0.3 is 5.97 Å². The van der Waals surface area contributed by atoms with Crippen LogP contribution in [-0.4, -0.2) is 55.9 Å². The summed E-state index contributed by atoms with van der Waals surface area (Å²) in [7, 11) is 1.97. The lowest BCUT2D eigenvalue weighted by atomic mass is 9.60. The number of aryl methyl sites for hydroxylation is 2. The number of aliphatic hydroxyl groups excluding tert-OH is 2. The quantitative estimate of drug-likeness (QED) is 0.472. The van der Waals surface area contributed by atoms with E-state index in [1.165, 1.54) is 0 Å².